The highest BCUT2D eigenvalue weighted by atomic mass is 35.5. The first-order chi connectivity index (χ1) is 16.6. The molecule has 1 unspecified atom stereocenters. The summed E-state index contributed by atoms with van der Waals surface area (Å²) in [5.74, 6) is 2.29. The summed E-state index contributed by atoms with van der Waals surface area (Å²) in [7, 11) is 0. The van der Waals surface area contributed by atoms with Gasteiger partial charge in [-0.25, -0.2) is 14.4 Å². The van der Waals surface area contributed by atoms with Gasteiger partial charge in [0.2, 0.25) is 5.95 Å². The Bertz CT molecular complexity index is 1480. The molecule has 5 aromatic rings. The molecule has 1 aliphatic rings. The van der Waals surface area contributed by atoms with Crippen LogP contribution in [-0.2, 0) is 0 Å². The second kappa shape index (κ2) is 8.03. The number of anilines is 2. The van der Waals surface area contributed by atoms with Crippen molar-refractivity contribution < 1.29 is 4.39 Å². The van der Waals surface area contributed by atoms with Crippen LogP contribution in [0.25, 0.3) is 23.0 Å². The van der Waals surface area contributed by atoms with Gasteiger partial charge in [-0.2, -0.15) is 4.98 Å². The summed E-state index contributed by atoms with van der Waals surface area (Å²) in [5, 5.41) is 9.17. The minimum absolute atomic E-state index is 0.0849. The molecule has 0 radical (unpaired) electrons. The zero-order valence-electron chi connectivity index (χ0n) is 18.0. The lowest BCUT2D eigenvalue weighted by Crippen LogP contribution is -2.32. The van der Waals surface area contributed by atoms with Crippen molar-refractivity contribution in [2.75, 3.05) is 4.90 Å². The fourth-order valence-corrected chi connectivity index (χ4v) is 4.41. The van der Waals surface area contributed by atoms with Gasteiger partial charge in [0.15, 0.2) is 11.6 Å². The van der Waals surface area contributed by atoms with Gasteiger partial charge in [-0.05, 0) is 55.0 Å². The zero-order chi connectivity index (χ0) is 23.2. The first kappa shape index (κ1) is 20.5. The molecule has 0 spiro atoms. The van der Waals surface area contributed by atoms with Crippen molar-refractivity contribution in [2.45, 2.75) is 19.4 Å². The number of imidazole rings is 1. The third-order valence-corrected chi connectivity index (χ3v) is 6.11. The summed E-state index contributed by atoms with van der Waals surface area (Å²) in [4.78, 5) is 16.2. The van der Waals surface area contributed by atoms with Crippen LogP contribution in [0.3, 0.4) is 0 Å². The Morgan fingerprint density at radius 2 is 1.79 bits per heavy atom. The number of halogens is 2. The molecule has 0 fully saturated rings. The van der Waals surface area contributed by atoms with Crippen LogP contribution >= 0.6 is 11.6 Å². The fraction of sp³-hybridized carbons (Fsp3) is 0.125. The number of benzene rings is 2. The Kier molecular flexibility index (Phi) is 4.84. The van der Waals surface area contributed by atoms with E-state index in [1.807, 2.05) is 28.8 Å². The minimum atomic E-state index is -0.305. The predicted octanol–water partition coefficient (Wildman–Crippen LogP) is 5.31. The minimum Gasteiger partial charge on any atom is -0.314 e. The van der Waals surface area contributed by atoms with E-state index in [2.05, 4.69) is 32.0 Å². The van der Waals surface area contributed by atoms with E-state index in [4.69, 9.17) is 16.6 Å². The van der Waals surface area contributed by atoms with Gasteiger partial charge in [0, 0.05) is 28.7 Å². The second-order valence-corrected chi connectivity index (χ2v) is 8.27. The lowest BCUT2D eigenvalue weighted by atomic mass is 10.1. The van der Waals surface area contributed by atoms with E-state index in [-0.39, 0.29) is 11.9 Å². The Labute approximate surface area is 199 Å². The number of aromatic nitrogens is 7. The van der Waals surface area contributed by atoms with Crippen LogP contribution in [0.4, 0.5) is 15.9 Å². The maximum Gasteiger partial charge on any atom is 0.237 e. The summed E-state index contributed by atoms with van der Waals surface area (Å²) in [6.07, 6.45) is 7.68. The third kappa shape index (κ3) is 3.24. The second-order valence-electron chi connectivity index (χ2n) is 7.84. The smallest absolute Gasteiger partial charge is 0.237 e. The molecule has 0 saturated heterocycles. The van der Waals surface area contributed by atoms with E-state index in [1.54, 1.807) is 41.6 Å². The number of nitrogens with zero attached hydrogens (tertiary/aromatic N) is 8. The molecule has 168 valence electrons. The Balaban J connectivity index is 1.53. The quantitative estimate of drug-likeness (QED) is 0.353. The number of hydrogen-bond donors (Lipinski definition) is 0. The molecule has 1 aliphatic heterocycles. The summed E-state index contributed by atoms with van der Waals surface area (Å²) in [5.41, 5.74) is 2.46. The molecule has 0 amide bonds. The summed E-state index contributed by atoms with van der Waals surface area (Å²) in [6, 6.07) is 13.7. The zero-order valence-corrected chi connectivity index (χ0v) is 18.8. The molecule has 34 heavy (non-hydrogen) atoms. The third-order valence-electron chi connectivity index (χ3n) is 5.86. The van der Waals surface area contributed by atoms with Crippen LogP contribution in [0.2, 0.25) is 5.02 Å². The van der Waals surface area contributed by atoms with Gasteiger partial charge < -0.3 is 4.90 Å². The van der Waals surface area contributed by atoms with Gasteiger partial charge >= 0.3 is 0 Å². The topological polar surface area (TPSA) is 77.5 Å². The summed E-state index contributed by atoms with van der Waals surface area (Å²) >= 11 is 6.16. The molecule has 10 heteroatoms. The highest BCUT2D eigenvalue weighted by molar-refractivity contribution is 6.30. The number of fused-ring (bicyclic) bond motifs is 3. The average molecular weight is 473 g/mol. The van der Waals surface area contributed by atoms with Crippen LogP contribution in [0.15, 0.2) is 73.4 Å². The van der Waals surface area contributed by atoms with Crippen molar-refractivity contribution in [2.24, 2.45) is 0 Å². The van der Waals surface area contributed by atoms with E-state index in [0.29, 0.717) is 22.6 Å². The van der Waals surface area contributed by atoms with E-state index < -0.39 is 0 Å². The molecule has 4 heterocycles. The number of rotatable bonds is 4. The van der Waals surface area contributed by atoms with E-state index in [0.717, 1.165) is 29.2 Å². The maximum atomic E-state index is 13.5. The molecule has 0 saturated carbocycles. The van der Waals surface area contributed by atoms with E-state index >= 15 is 0 Å². The average Bonchev–Trinajstić information content (AvgIpc) is 3.54. The van der Waals surface area contributed by atoms with Crippen molar-refractivity contribution in [1.82, 2.24) is 34.3 Å². The molecule has 8 nitrogen and oxygen atoms in total. The predicted molar refractivity (Wildman–Crippen MR) is 126 cm³/mol. The fourth-order valence-electron chi connectivity index (χ4n) is 4.29. The largest absolute Gasteiger partial charge is 0.314 e. The lowest BCUT2D eigenvalue weighted by molar-refractivity contribution is 0.588. The van der Waals surface area contributed by atoms with Crippen molar-refractivity contribution in [3.05, 3.63) is 90.1 Å². The van der Waals surface area contributed by atoms with Gasteiger partial charge in [-0.3, -0.25) is 9.13 Å². The van der Waals surface area contributed by atoms with Gasteiger partial charge in [0.05, 0.1) is 12.2 Å². The lowest BCUT2D eigenvalue weighted by Gasteiger charge is -2.36. The molecule has 0 N–H and O–H groups in total. The van der Waals surface area contributed by atoms with E-state index in [1.165, 1.54) is 12.1 Å². The van der Waals surface area contributed by atoms with Crippen molar-refractivity contribution in [1.29, 1.82) is 0 Å². The number of hydrogen-bond acceptors (Lipinski definition) is 6. The van der Waals surface area contributed by atoms with Crippen LogP contribution in [0, 0.1) is 5.82 Å². The molecule has 1 atom stereocenters. The van der Waals surface area contributed by atoms with Crippen molar-refractivity contribution in [3.8, 4) is 23.0 Å². The highest BCUT2D eigenvalue weighted by Crippen LogP contribution is 2.43. The van der Waals surface area contributed by atoms with Crippen molar-refractivity contribution in [3.63, 3.8) is 0 Å². The SMILES string of the molecule is CCC1c2nncn2-c2cnc(-n3ccnc3-c3ccc(F)cc3)nc2N1c1ccc(Cl)cc1. The normalized spacial score (nSPS) is 14.7. The van der Waals surface area contributed by atoms with Gasteiger partial charge in [0.1, 0.15) is 23.7 Å². The van der Waals surface area contributed by atoms with E-state index in [9.17, 15) is 4.39 Å². The maximum absolute atomic E-state index is 13.5. The van der Waals surface area contributed by atoms with Crippen molar-refractivity contribution >= 4 is 23.1 Å². The first-order valence-corrected chi connectivity index (χ1v) is 11.1. The summed E-state index contributed by atoms with van der Waals surface area (Å²) < 4.78 is 17.2. The van der Waals surface area contributed by atoms with Crippen LogP contribution < -0.4 is 4.90 Å². The van der Waals surface area contributed by atoms with Crippen LogP contribution in [0.1, 0.15) is 25.2 Å². The van der Waals surface area contributed by atoms with Crippen LogP contribution in [-0.4, -0.2) is 34.3 Å². The first-order valence-electron chi connectivity index (χ1n) is 10.8. The molecule has 2 aromatic carbocycles. The molecule has 6 rings (SSSR count). The summed E-state index contributed by atoms with van der Waals surface area (Å²) in [6.45, 7) is 2.10. The monoisotopic (exact) mass is 472 g/mol. The Morgan fingerprint density at radius 3 is 2.56 bits per heavy atom. The molecular formula is C24H18ClFN8. The Hall–Kier alpha value is -4.11. The molecule has 3 aromatic heterocycles. The standard InChI is InChI=1S/C24H18ClFN8/c1-2-19-23-31-29-14-33(23)20-13-28-24(30-22(20)34(19)18-9-5-16(25)6-10-18)32-12-11-27-21(32)15-3-7-17(26)8-4-15/h3-14,19H,2H2,1H3. The molecule has 0 bridgehead atoms. The van der Waals surface area contributed by atoms with Gasteiger partial charge in [0.25, 0.3) is 0 Å². The van der Waals surface area contributed by atoms with Gasteiger partial charge in [-0.1, -0.05) is 18.5 Å². The molecule has 0 aliphatic carbocycles. The van der Waals surface area contributed by atoms with Gasteiger partial charge in [-0.15, -0.1) is 10.2 Å². The van der Waals surface area contributed by atoms with Crippen LogP contribution in [0.5, 0.6) is 0 Å². The molecular weight excluding hydrogens is 455 g/mol. The highest BCUT2D eigenvalue weighted by Gasteiger charge is 2.35. The Morgan fingerprint density at radius 1 is 1.00 bits per heavy atom.